The van der Waals surface area contributed by atoms with Gasteiger partial charge in [0.1, 0.15) is 12.3 Å². The standard InChI is InChI=1S/C14H15FN2O2/c1-17(14(18)12-6-4-8-16-12)9-10-19-13-7-3-2-5-11(13)15/h2-8,16H,9-10H2,1H3. The first-order valence-electron chi connectivity index (χ1n) is 5.94. The quantitative estimate of drug-likeness (QED) is 0.898. The molecule has 0 radical (unpaired) electrons. The van der Waals surface area contributed by atoms with E-state index in [1.165, 1.54) is 11.0 Å². The zero-order valence-corrected chi connectivity index (χ0v) is 10.6. The molecule has 0 spiro atoms. The number of carbonyl (C=O) groups is 1. The van der Waals surface area contributed by atoms with Gasteiger partial charge >= 0.3 is 0 Å². The van der Waals surface area contributed by atoms with Crippen molar-refractivity contribution >= 4 is 5.91 Å². The van der Waals surface area contributed by atoms with Crippen molar-refractivity contribution in [3.63, 3.8) is 0 Å². The summed E-state index contributed by atoms with van der Waals surface area (Å²) >= 11 is 0. The third kappa shape index (κ3) is 3.34. The molecule has 0 bridgehead atoms. The van der Waals surface area contributed by atoms with Gasteiger partial charge in [-0.25, -0.2) is 4.39 Å². The second-order valence-electron chi connectivity index (χ2n) is 4.09. The van der Waals surface area contributed by atoms with Crippen molar-refractivity contribution in [2.75, 3.05) is 20.2 Å². The largest absolute Gasteiger partial charge is 0.489 e. The number of nitrogens with zero attached hydrogens (tertiary/aromatic N) is 1. The van der Waals surface area contributed by atoms with E-state index in [9.17, 15) is 9.18 Å². The van der Waals surface area contributed by atoms with Crippen LogP contribution in [-0.4, -0.2) is 36.0 Å². The molecule has 2 rings (SSSR count). The third-order valence-electron chi connectivity index (χ3n) is 2.70. The minimum Gasteiger partial charge on any atom is -0.489 e. The summed E-state index contributed by atoms with van der Waals surface area (Å²) in [4.78, 5) is 16.2. The van der Waals surface area contributed by atoms with Crippen LogP contribution in [0.5, 0.6) is 5.75 Å². The van der Waals surface area contributed by atoms with Gasteiger partial charge in [-0.2, -0.15) is 0 Å². The number of rotatable bonds is 5. The lowest BCUT2D eigenvalue weighted by Gasteiger charge is -2.16. The summed E-state index contributed by atoms with van der Waals surface area (Å²) in [5, 5.41) is 0. The average Bonchev–Trinajstić information content (AvgIpc) is 2.94. The number of nitrogens with one attached hydrogen (secondary N) is 1. The first-order chi connectivity index (χ1) is 9.18. The Balaban J connectivity index is 1.83. The van der Waals surface area contributed by atoms with Crippen molar-refractivity contribution in [1.29, 1.82) is 0 Å². The van der Waals surface area contributed by atoms with Crippen LogP contribution in [-0.2, 0) is 0 Å². The number of hydrogen-bond acceptors (Lipinski definition) is 2. The van der Waals surface area contributed by atoms with Gasteiger partial charge in [-0.1, -0.05) is 12.1 Å². The van der Waals surface area contributed by atoms with E-state index in [4.69, 9.17) is 4.74 Å². The molecular weight excluding hydrogens is 247 g/mol. The summed E-state index contributed by atoms with van der Waals surface area (Å²) in [6, 6.07) is 9.66. The van der Waals surface area contributed by atoms with Crippen LogP contribution in [0.3, 0.4) is 0 Å². The van der Waals surface area contributed by atoms with Crippen LogP contribution >= 0.6 is 0 Å². The summed E-state index contributed by atoms with van der Waals surface area (Å²) in [5.41, 5.74) is 0.522. The molecule has 0 aliphatic rings. The molecule has 1 heterocycles. The molecule has 100 valence electrons. The number of benzene rings is 1. The van der Waals surface area contributed by atoms with Crippen LogP contribution in [0.15, 0.2) is 42.6 Å². The Labute approximate surface area is 110 Å². The van der Waals surface area contributed by atoms with E-state index in [0.717, 1.165) is 0 Å². The SMILES string of the molecule is CN(CCOc1ccccc1F)C(=O)c1ccc[nH]1. The number of para-hydroxylation sites is 1. The number of aromatic nitrogens is 1. The molecule has 0 saturated heterocycles. The number of halogens is 1. The molecule has 1 amide bonds. The Bertz CT molecular complexity index is 540. The minimum absolute atomic E-state index is 0.123. The van der Waals surface area contributed by atoms with Crippen LogP contribution < -0.4 is 4.74 Å². The topological polar surface area (TPSA) is 45.3 Å². The maximum Gasteiger partial charge on any atom is 0.270 e. The summed E-state index contributed by atoms with van der Waals surface area (Å²) in [5.74, 6) is -0.328. The second kappa shape index (κ2) is 6.04. The van der Waals surface area contributed by atoms with Gasteiger partial charge in [0.05, 0.1) is 6.54 Å². The van der Waals surface area contributed by atoms with E-state index in [0.29, 0.717) is 12.2 Å². The lowest BCUT2D eigenvalue weighted by atomic mass is 10.3. The average molecular weight is 262 g/mol. The Hall–Kier alpha value is -2.30. The second-order valence-corrected chi connectivity index (χ2v) is 4.09. The van der Waals surface area contributed by atoms with E-state index in [1.807, 2.05) is 0 Å². The first kappa shape index (κ1) is 13.1. The fraction of sp³-hybridized carbons (Fsp3) is 0.214. The monoisotopic (exact) mass is 262 g/mol. The highest BCUT2D eigenvalue weighted by Gasteiger charge is 2.12. The highest BCUT2D eigenvalue weighted by Crippen LogP contribution is 2.15. The molecule has 2 aromatic rings. The van der Waals surface area contributed by atoms with Crippen LogP contribution in [0.4, 0.5) is 4.39 Å². The summed E-state index contributed by atoms with van der Waals surface area (Å²) < 4.78 is 18.6. The third-order valence-corrected chi connectivity index (χ3v) is 2.70. The molecule has 0 saturated carbocycles. The minimum atomic E-state index is -0.402. The predicted molar refractivity (Wildman–Crippen MR) is 69.6 cm³/mol. The van der Waals surface area contributed by atoms with Gasteiger partial charge in [-0.15, -0.1) is 0 Å². The number of ether oxygens (including phenoxy) is 1. The molecule has 19 heavy (non-hydrogen) atoms. The zero-order chi connectivity index (χ0) is 13.7. The molecule has 0 aliphatic heterocycles. The summed E-state index contributed by atoms with van der Waals surface area (Å²) in [6.45, 7) is 0.621. The van der Waals surface area contributed by atoms with Crippen molar-refractivity contribution in [3.05, 3.63) is 54.1 Å². The summed E-state index contributed by atoms with van der Waals surface area (Å²) in [6.07, 6.45) is 1.69. The molecule has 1 N–H and O–H groups in total. The molecule has 0 atom stereocenters. The fourth-order valence-corrected chi connectivity index (χ4v) is 1.62. The zero-order valence-electron chi connectivity index (χ0n) is 10.6. The number of amides is 1. The van der Waals surface area contributed by atoms with Crippen molar-refractivity contribution in [2.45, 2.75) is 0 Å². The van der Waals surface area contributed by atoms with Crippen LogP contribution in [0, 0.1) is 5.82 Å². The molecule has 0 aliphatic carbocycles. The lowest BCUT2D eigenvalue weighted by molar-refractivity contribution is 0.0768. The lowest BCUT2D eigenvalue weighted by Crippen LogP contribution is -2.31. The van der Waals surface area contributed by atoms with Gasteiger partial charge in [-0.3, -0.25) is 4.79 Å². The predicted octanol–water partition coefficient (Wildman–Crippen LogP) is 2.30. The molecule has 1 aromatic heterocycles. The number of H-pyrrole nitrogens is 1. The molecule has 0 fully saturated rings. The Kier molecular flexibility index (Phi) is 4.18. The van der Waals surface area contributed by atoms with Crippen molar-refractivity contribution in [1.82, 2.24) is 9.88 Å². The van der Waals surface area contributed by atoms with E-state index < -0.39 is 5.82 Å². The highest BCUT2D eigenvalue weighted by molar-refractivity contribution is 5.92. The Morgan fingerprint density at radius 3 is 2.79 bits per heavy atom. The molecule has 5 heteroatoms. The number of likely N-dealkylation sites (N-methyl/N-ethyl adjacent to an activating group) is 1. The number of hydrogen-bond donors (Lipinski definition) is 1. The van der Waals surface area contributed by atoms with Crippen LogP contribution in [0.1, 0.15) is 10.5 Å². The Morgan fingerprint density at radius 1 is 1.32 bits per heavy atom. The van der Waals surface area contributed by atoms with Crippen LogP contribution in [0.25, 0.3) is 0 Å². The van der Waals surface area contributed by atoms with Crippen molar-refractivity contribution < 1.29 is 13.9 Å². The fourth-order valence-electron chi connectivity index (χ4n) is 1.62. The van der Waals surface area contributed by atoms with E-state index in [-0.39, 0.29) is 18.3 Å². The smallest absolute Gasteiger partial charge is 0.270 e. The Morgan fingerprint density at radius 2 is 2.11 bits per heavy atom. The van der Waals surface area contributed by atoms with Crippen LogP contribution in [0.2, 0.25) is 0 Å². The van der Waals surface area contributed by atoms with Gasteiger partial charge in [0.2, 0.25) is 0 Å². The van der Waals surface area contributed by atoms with Crippen molar-refractivity contribution in [3.8, 4) is 5.75 Å². The number of aromatic amines is 1. The maximum atomic E-state index is 13.3. The number of carbonyl (C=O) groups excluding carboxylic acids is 1. The molecule has 0 unspecified atom stereocenters. The molecule has 1 aromatic carbocycles. The van der Waals surface area contributed by atoms with Gasteiger partial charge in [0.15, 0.2) is 11.6 Å². The van der Waals surface area contributed by atoms with Gasteiger partial charge < -0.3 is 14.6 Å². The van der Waals surface area contributed by atoms with Gasteiger partial charge in [-0.05, 0) is 24.3 Å². The van der Waals surface area contributed by atoms with Crippen molar-refractivity contribution in [2.24, 2.45) is 0 Å². The highest BCUT2D eigenvalue weighted by atomic mass is 19.1. The van der Waals surface area contributed by atoms with E-state index in [2.05, 4.69) is 4.98 Å². The van der Waals surface area contributed by atoms with E-state index >= 15 is 0 Å². The molecular formula is C14H15FN2O2. The summed E-state index contributed by atoms with van der Waals surface area (Å²) in [7, 11) is 1.67. The van der Waals surface area contributed by atoms with E-state index in [1.54, 1.807) is 43.6 Å². The molecule has 4 nitrogen and oxygen atoms in total. The van der Waals surface area contributed by atoms with Gasteiger partial charge in [0, 0.05) is 13.2 Å². The normalized spacial score (nSPS) is 10.2. The maximum absolute atomic E-state index is 13.3. The first-order valence-corrected chi connectivity index (χ1v) is 5.94. The van der Waals surface area contributed by atoms with Gasteiger partial charge in [0.25, 0.3) is 5.91 Å².